The third kappa shape index (κ3) is 7.07. The van der Waals surface area contributed by atoms with Crippen molar-refractivity contribution in [2.24, 2.45) is 0 Å². The summed E-state index contributed by atoms with van der Waals surface area (Å²) in [7, 11) is 4.08. The molecule has 3 aromatic heterocycles. The van der Waals surface area contributed by atoms with E-state index in [0.717, 1.165) is 39.2 Å². The van der Waals surface area contributed by atoms with Crippen LogP contribution in [0.15, 0.2) is 101 Å². The van der Waals surface area contributed by atoms with Crippen molar-refractivity contribution in [3.63, 3.8) is 0 Å². The van der Waals surface area contributed by atoms with Crippen LogP contribution in [-0.2, 0) is 11.8 Å². The summed E-state index contributed by atoms with van der Waals surface area (Å²) in [6.45, 7) is 8.06. The van der Waals surface area contributed by atoms with Gasteiger partial charge in [-0.25, -0.2) is 4.68 Å². The van der Waals surface area contributed by atoms with Gasteiger partial charge in [0.2, 0.25) is 0 Å². The van der Waals surface area contributed by atoms with E-state index in [9.17, 15) is 5.11 Å². The number of aromatic hydroxyl groups is 1. The highest BCUT2D eigenvalue weighted by molar-refractivity contribution is 7.99. The second-order valence-electron chi connectivity index (χ2n) is 12.5. The molecule has 8 nitrogen and oxygen atoms in total. The van der Waals surface area contributed by atoms with E-state index in [4.69, 9.17) is 21.4 Å². The van der Waals surface area contributed by atoms with Crippen molar-refractivity contribution in [2.75, 3.05) is 27.2 Å². The van der Waals surface area contributed by atoms with Crippen LogP contribution in [0.2, 0.25) is 5.02 Å². The number of ether oxygens (including phenoxy) is 1. The zero-order chi connectivity index (χ0) is 32.4. The number of rotatable bonds is 10. The van der Waals surface area contributed by atoms with Gasteiger partial charge in [0.05, 0.1) is 16.4 Å². The van der Waals surface area contributed by atoms with Crippen LogP contribution >= 0.6 is 23.4 Å². The standard InChI is InChI=1S/C36H37ClN6O2S/c1-36(2,3)33-21-26(43(40-33)25-10-13-28(14-11-25)45-19-18-41(4)5)20-24-8-6-7-9-32(24)46-29-15-17-34-38-39-35(42(34)23-29)30-22-27(44)12-16-31(30)37/h6-17,21-23,44H,18-20H2,1-5H3. The van der Waals surface area contributed by atoms with Gasteiger partial charge < -0.3 is 14.7 Å². The number of pyridine rings is 1. The third-order valence-electron chi connectivity index (χ3n) is 7.58. The predicted octanol–water partition coefficient (Wildman–Crippen LogP) is 7.92. The smallest absolute Gasteiger partial charge is 0.170 e. The van der Waals surface area contributed by atoms with E-state index < -0.39 is 0 Å². The minimum atomic E-state index is -0.103. The molecule has 3 heterocycles. The quantitative estimate of drug-likeness (QED) is 0.161. The maximum absolute atomic E-state index is 10.1. The van der Waals surface area contributed by atoms with Gasteiger partial charge >= 0.3 is 0 Å². The van der Waals surface area contributed by atoms with Crippen LogP contribution in [0.5, 0.6) is 11.5 Å². The Morgan fingerprint density at radius 3 is 2.48 bits per heavy atom. The molecular weight excluding hydrogens is 616 g/mol. The fraction of sp³-hybridized carbons (Fsp3) is 0.250. The average molecular weight is 653 g/mol. The van der Waals surface area contributed by atoms with Crippen molar-refractivity contribution < 1.29 is 9.84 Å². The Labute approximate surface area is 278 Å². The maximum Gasteiger partial charge on any atom is 0.170 e. The number of phenolic OH excluding ortho intramolecular Hbond substituents is 1. The van der Waals surface area contributed by atoms with Crippen molar-refractivity contribution in [2.45, 2.75) is 42.4 Å². The number of phenols is 1. The van der Waals surface area contributed by atoms with Crippen molar-refractivity contribution >= 4 is 29.0 Å². The highest BCUT2D eigenvalue weighted by atomic mass is 35.5. The van der Waals surface area contributed by atoms with Crippen molar-refractivity contribution in [3.8, 4) is 28.6 Å². The Morgan fingerprint density at radius 2 is 1.72 bits per heavy atom. The van der Waals surface area contributed by atoms with Crippen molar-refractivity contribution in [1.82, 2.24) is 29.3 Å². The van der Waals surface area contributed by atoms with Crippen LogP contribution in [0.1, 0.15) is 37.7 Å². The van der Waals surface area contributed by atoms with Crippen molar-refractivity contribution in [3.05, 3.63) is 113 Å². The van der Waals surface area contributed by atoms with E-state index in [1.54, 1.807) is 30.0 Å². The molecule has 0 spiro atoms. The van der Waals surface area contributed by atoms with E-state index in [1.165, 1.54) is 5.56 Å². The van der Waals surface area contributed by atoms with Gasteiger partial charge in [0.25, 0.3) is 0 Å². The van der Waals surface area contributed by atoms with Crippen molar-refractivity contribution in [1.29, 1.82) is 0 Å². The molecule has 0 aliphatic carbocycles. The number of fused-ring (bicyclic) bond motifs is 1. The number of nitrogens with zero attached hydrogens (tertiary/aromatic N) is 6. The molecule has 0 saturated carbocycles. The number of aromatic nitrogens is 5. The SMILES string of the molecule is CN(C)CCOc1ccc(-n2nc(C(C)(C)C)cc2Cc2ccccc2Sc2ccc3nnc(-c4cc(O)ccc4Cl)n3c2)cc1. The number of benzene rings is 3. The average Bonchev–Trinajstić information content (AvgIpc) is 3.64. The van der Waals surface area contributed by atoms with Crippen LogP contribution in [-0.4, -0.2) is 61.6 Å². The van der Waals surface area contributed by atoms with Crippen LogP contribution in [0.4, 0.5) is 0 Å². The second kappa shape index (κ2) is 13.2. The summed E-state index contributed by atoms with van der Waals surface area (Å²) in [6, 6.07) is 27.6. The maximum atomic E-state index is 10.1. The summed E-state index contributed by atoms with van der Waals surface area (Å²) in [5, 5.41) is 24.3. The number of hydrogen-bond donors (Lipinski definition) is 1. The first-order valence-electron chi connectivity index (χ1n) is 15.1. The number of halogens is 1. The van der Waals surface area contributed by atoms with Gasteiger partial charge in [-0.3, -0.25) is 4.40 Å². The Balaban J connectivity index is 1.30. The first kappa shape index (κ1) is 31.7. The zero-order valence-electron chi connectivity index (χ0n) is 26.6. The molecule has 0 saturated heterocycles. The fourth-order valence-corrected chi connectivity index (χ4v) is 6.20. The lowest BCUT2D eigenvalue weighted by Crippen LogP contribution is -2.19. The summed E-state index contributed by atoms with van der Waals surface area (Å²) in [5.74, 6) is 1.53. The molecule has 0 radical (unpaired) electrons. The minimum absolute atomic E-state index is 0.103. The van der Waals surface area contributed by atoms with Gasteiger partial charge in [-0.15, -0.1) is 10.2 Å². The molecule has 46 heavy (non-hydrogen) atoms. The molecule has 0 aliphatic heterocycles. The molecular formula is C36H37ClN6O2S. The lowest BCUT2D eigenvalue weighted by molar-refractivity contribution is 0.261. The Hall–Kier alpha value is -4.31. The van der Waals surface area contributed by atoms with E-state index in [2.05, 4.69) is 83.0 Å². The summed E-state index contributed by atoms with van der Waals surface area (Å²) in [4.78, 5) is 4.26. The van der Waals surface area contributed by atoms with E-state index in [0.29, 0.717) is 35.1 Å². The topological polar surface area (TPSA) is 80.7 Å². The molecule has 1 N–H and O–H groups in total. The normalized spacial score (nSPS) is 11.9. The molecule has 0 amide bonds. The summed E-state index contributed by atoms with van der Waals surface area (Å²) < 4.78 is 9.89. The van der Waals surface area contributed by atoms with Gasteiger partial charge in [0.15, 0.2) is 11.5 Å². The van der Waals surface area contributed by atoms with Gasteiger partial charge in [-0.2, -0.15) is 5.10 Å². The van der Waals surface area contributed by atoms with Gasteiger partial charge in [0.1, 0.15) is 18.1 Å². The lowest BCUT2D eigenvalue weighted by Gasteiger charge is -2.14. The molecule has 6 rings (SSSR count). The third-order valence-corrected chi connectivity index (χ3v) is 9.00. The molecule has 0 unspecified atom stereocenters. The molecule has 6 aromatic rings. The van der Waals surface area contributed by atoms with Crippen LogP contribution in [0.25, 0.3) is 22.7 Å². The highest BCUT2D eigenvalue weighted by Gasteiger charge is 2.22. The van der Waals surface area contributed by atoms with E-state index in [1.807, 2.05) is 49.0 Å². The fourth-order valence-electron chi connectivity index (χ4n) is 5.04. The molecule has 0 fully saturated rings. The summed E-state index contributed by atoms with van der Waals surface area (Å²) >= 11 is 8.15. The Bertz CT molecular complexity index is 1980. The monoisotopic (exact) mass is 652 g/mol. The largest absolute Gasteiger partial charge is 0.508 e. The van der Waals surface area contributed by atoms with Crippen LogP contribution < -0.4 is 4.74 Å². The van der Waals surface area contributed by atoms with Crippen LogP contribution in [0, 0.1) is 0 Å². The van der Waals surface area contributed by atoms with E-state index >= 15 is 0 Å². The molecule has 0 bridgehead atoms. The Kier molecular flexibility index (Phi) is 9.08. The molecule has 236 valence electrons. The Morgan fingerprint density at radius 1 is 0.935 bits per heavy atom. The highest BCUT2D eigenvalue weighted by Crippen LogP contribution is 2.35. The molecule has 0 aliphatic rings. The summed E-state index contributed by atoms with van der Waals surface area (Å²) in [6.07, 6.45) is 2.71. The first-order chi connectivity index (χ1) is 22.0. The molecule has 10 heteroatoms. The molecule has 3 aromatic carbocycles. The van der Waals surface area contributed by atoms with Gasteiger partial charge in [-0.05, 0) is 86.4 Å². The van der Waals surface area contributed by atoms with Gasteiger partial charge in [-0.1, -0.05) is 62.3 Å². The van der Waals surface area contributed by atoms with Crippen LogP contribution in [0.3, 0.4) is 0 Å². The van der Waals surface area contributed by atoms with E-state index in [-0.39, 0.29) is 11.2 Å². The number of hydrogen-bond acceptors (Lipinski definition) is 7. The first-order valence-corrected chi connectivity index (χ1v) is 16.3. The molecule has 0 atom stereocenters. The van der Waals surface area contributed by atoms with Gasteiger partial charge in [0, 0.05) is 45.6 Å². The second-order valence-corrected chi connectivity index (χ2v) is 14.0. The zero-order valence-corrected chi connectivity index (χ0v) is 28.2. The minimum Gasteiger partial charge on any atom is -0.508 e. The number of likely N-dealkylation sites (N-methyl/N-ethyl adjacent to an activating group) is 1. The predicted molar refractivity (Wildman–Crippen MR) is 185 cm³/mol. The lowest BCUT2D eigenvalue weighted by atomic mass is 9.92. The summed E-state index contributed by atoms with van der Waals surface area (Å²) in [5.41, 5.74) is 5.54.